The number of carboxylic acid groups (broad SMARTS) is 1. The summed E-state index contributed by atoms with van der Waals surface area (Å²) >= 11 is 5.00. The van der Waals surface area contributed by atoms with Gasteiger partial charge in [-0.05, 0) is 65.9 Å². The zero-order valence-corrected chi connectivity index (χ0v) is 17.9. The quantitative estimate of drug-likeness (QED) is 0.560. The molecule has 1 saturated carbocycles. The van der Waals surface area contributed by atoms with Crippen LogP contribution in [-0.2, 0) is 4.79 Å². The molecule has 1 aliphatic rings. The van der Waals surface area contributed by atoms with Crippen LogP contribution in [0.2, 0.25) is 0 Å². The van der Waals surface area contributed by atoms with Gasteiger partial charge in [0.05, 0.1) is 25.8 Å². The number of hydrogen-bond donors (Lipinski definition) is 2. The second kappa shape index (κ2) is 8.51. The Morgan fingerprint density at radius 3 is 2.45 bits per heavy atom. The van der Waals surface area contributed by atoms with Gasteiger partial charge in [-0.25, -0.2) is 4.68 Å². The third-order valence-corrected chi connectivity index (χ3v) is 6.83. The van der Waals surface area contributed by atoms with Crippen LogP contribution in [0.1, 0.15) is 36.0 Å². The third-order valence-electron chi connectivity index (χ3n) is 5.20. The number of thiophene rings is 1. The smallest absolute Gasteiger partial charge is 0.306 e. The zero-order valence-electron chi connectivity index (χ0n) is 15.5. The number of amides is 1. The summed E-state index contributed by atoms with van der Waals surface area (Å²) in [6, 6.07) is 13.5. The molecule has 0 unspecified atom stereocenters. The minimum Gasteiger partial charge on any atom is -0.481 e. The number of aromatic nitrogens is 2. The van der Waals surface area contributed by atoms with Crippen molar-refractivity contribution < 1.29 is 14.7 Å². The van der Waals surface area contributed by atoms with E-state index in [0.29, 0.717) is 36.9 Å². The van der Waals surface area contributed by atoms with Crippen LogP contribution in [0.4, 0.5) is 0 Å². The fraction of sp³-hybridized carbons (Fsp3) is 0.286. The highest BCUT2D eigenvalue weighted by Crippen LogP contribution is 2.33. The third kappa shape index (κ3) is 4.43. The summed E-state index contributed by atoms with van der Waals surface area (Å²) in [5.74, 6) is -1.22. The van der Waals surface area contributed by atoms with Gasteiger partial charge in [0.2, 0.25) is 0 Å². The fourth-order valence-corrected chi connectivity index (χ4v) is 5.01. The highest BCUT2D eigenvalue weighted by molar-refractivity contribution is 9.11. The molecule has 0 spiro atoms. The summed E-state index contributed by atoms with van der Waals surface area (Å²) in [6.45, 7) is 0. The van der Waals surface area contributed by atoms with Crippen molar-refractivity contribution in [1.82, 2.24) is 15.1 Å². The van der Waals surface area contributed by atoms with Crippen LogP contribution in [-0.4, -0.2) is 32.8 Å². The molecule has 0 bridgehead atoms. The molecule has 1 aliphatic carbocycles. The van der Waals surface area contributed by atoms with Gasteiger partial charge in [-0.2, -0.15) is 5.10 Å². The zero-order chi connectivity index (χ0) is 20.4. The maximum absolute atomic E-state index is 13.1. The number of aliphatic carboxylic acids is 1. The lowest BCUT2D eigenvalue weighted by Crippen LogP contribution is -2.38. The van der Waals surface area contributed by atoms with E-state index >= 15 is 0 Å². The number of para-hydroxylation sites is 1. The summed E-state index contributed by atoms with van der Waals surface area (Å²) in [5.41, 5.74) is 2.04. The molecular weight excluding hydrogens is 454 g/mol. The maximum Gasteiger partial charge on any atom is 0.306 e. The Kier molecular flexibility index (Phi) is 5.82. The molecular formula is C21H20BrN3O3S. The molecule has 29 heavy (non-hydrogen) atoms. The maximum atomic E-state index is 13.1. The van der Waals surface area contributed by atoms with Crippen LogP contribution >= 0.6 is 27.3 Å². The SMILES string of the molecule is O=C(N[C@H]1CC[C@H](C(=O)O)CC1)c1cn(-c2ccccc2)nc1-c1ccc(Br)s1. The van der Waals surface area contributed by atoms with Crippen molar-refractivity contribution in [2.45, 2.75) is 31.7 Å². The average Bonchev–Trinajstić information content (AvgIpc) is 3.35. The Morgan fingerprint density at radius 1 is 1.10 bits per heavy atom. The van der Waals surface area contributed by atoms with Crippen molar-refractivity contribution >= 4 is 39.1 Å². The Labute approximate surface area is 180 Å². The van der Waals surface area contributed by atoms with E-state index in [0.717, 1.165) is 14.4 Å². The molecule has 0 saturated heterocycles. The fourth-order valence-electron chi connectivity index (χ4n) is 3.62. The van der Waals surface area contributed by atoms with Crippen molar-refractivity contribution in [1.29, 1.82) is 0 Å². The van der Waals surface area contributed by atoms with Gasteiger partial charge in [-0.1, -0.05) is 18.2 Å². The molecule has 6 nitrogen and oxygen atoms in total. The summed E-state index contributed by atoms with van der Waals surface area (Å²) in [5, 5.41) is 16.9. The van der Waals surface area contributed by atoms with E-state index in [2.05, 4.69) is 26.3 Å². The van der Waals surface area contributed by atoms with Crippen molar-refractivity contribution in [2.24, 2.45) is 5.92 Å². The second-order valence-corrected chi connectivity index (χ2v) is 9.60. The molecule has 2 N–H and O–H groups in total. The van der Waals surface area contributed by atoms with Gasteiger partial charge in [0, 0.05) is 12.2 Å². The summed E-state index contributed by atoms with van der Waals surface area (Å²) in [7, 11) is 0. The molecule has 3 aromatic rings. The van der Waals surface area contributed by atoms with Crippen LogP contribution in [0.5, 0.6) is 0 Å². The highest BCUT2D eigenvalue weighted by Gasteiger charge is 2.28. The molecule has 0 atom stereocenters. The molecule has 8 heteroatoms. The topological polar surface area (TPSA) is 84.2 Å². The van der Waals surface area contributed by atoms with E-state index < -0.39 is 5.97 Å². The van der Waals surface area contributed by atoms with Crippen LogP contribution in [0, 0.1) is 5.92 Å². The van der Waals surface area contributed by atoms with E-state index in [1.807, 2.05) is 42.5 Å². The lowest BCUT2D eigenvalue weighted by Gasteiger charge is -2.26. The standard InChI is InChI=1S/C21H20BrN3O3S/c22-18-11-10-17(29-18)19-16(12-25(24-19)15-4-2-1-3-5-15)20(26)23-14-8-6-13(7-9-14)21(27)28/h1-5,10-14H,6-9H2,(H,23,26)(H,27,28)/t13-,14-. The lowest BCUT2D eigenvalue weighted by atomic mass is 9.86. The van der Waals surface area contributed by atoms with Gasteiger partial charge in [0.15, 0.2) is 0 Å². The van der Waals surface area contributed by atoms with Crippen molar-refractivity contribution in [3.8, 4) is 16.3 Å². The van der Waals surface area contributed by atoms with Gasteiger partial charge >= 0.3 is 5.97 Å². The number of nitrogens with one attached hydrogen (secondary N) is 1. The van der Waals surface area contributed by atoms with Crippen LogP contribution in [0.3, 0.4) is 0 Å². The molecule has 2 heterocycles. The first-order valence-corrected chi connectivity index (χ1v) is 11.1. The molecule has 150 valence electrons. The van der Waals surface area contributed by atoms with Crippen molar-refractivity contribution in [3.63, 3.8) is 0 Å². The van der Waals surface area contributed by atoms with Gasteiger partial charge in [-0.15, -0.1) is 11.3 Å². The van der Waals surface area contributed by atoms with Crippen LogP contribution in [0.15, 0.2) is 52.4 Å². The molecule has 1 amide bonds. The summed E-state index contributed by atoms with van der Waals surface area (Å²) in [4.78, 5) is 25.1. The van der Waals surface area contributed by atoms with E-state index in [-0.39, 0.29) is 17.9 Å². The molecule has 1 fully saturated rings. The summed E-state index contributed by atoms with van der Waals surface area (Å²) < 4.78 is 2.69. The van der Waals surface area contributed by atoms with E-state index in [9.17, 15) is 9.59 Å². The minimum atomic E-state index is -0.746. The molecule has 0 radical (unpaired) electrons. The van der Waals surface area contributed by atoms with Gasteiger partial charge in [-0.3, -0.25) is 9.59 Å². The predicted octanol–water partition coefficient (Wildman–Crippen LogP) is 4.74. The number of halogens is 1. The normalized spacial score (nSPS) is 19.1. The Hall–Kier alpha value is -2.45. The number of nitrogens with zero attached hydrogens (tertiary/aromatic N) is 2. The Balaban J connectivity index is 1.59. The van der Waals surface area contributed by atoms with Gasteiger partial charge in [0.1, 0.15) is 5.69 Å². The highest BCUT2D eigenvalue weighted by atomic mass is 79.9. The van der Waals surface area contributed by atoms with Gasteiger partial charge in [0.25, 0.3) is 5.91 Å². The minimum absolute atomic E-state index is 0.0129. The van der Waals surface area contributed by atoms with E-state index in [1.54, 1.807) is 10.9 Å². The van der Waals surface area contributed by atoms with Crippen molar-refractivity contribution in [2.75, 3.05) is 0 Å². The first kappa shape index (κ1) is 19.8. The number of carboxylic acids is 1. The number of hydrogen-bond acceptors (Lipinski definition) is 4. The second-order valence-electron chi connectivity index (χ2n) is 7.14. The average molecular weight is 474 g/mol. The first-order valence-electron chi connectivity index (χ1n) is 9.45. The Bertz CT molecular complexity index is 1020. The van der Waals surface area contributed by atoms with Crippen LogP contribution < -0.4 is 5.32 Å². The lowest BCUT2D eigenvalue weighted by molar-refractivity contribution is -0.142. The summed E-state index contributed by atoms with van der Waals surface area (Å²) in [6.07, 6.45) is 4.30. The Morgan fingerprint density at radius 2 is 1.83 bits per heavy atom. The monoisotopic (exact) mass is 473 g/mol. The first-order chi connectivity index (χ1) is 14.0. The van der Waals surface area contributed by atoms with E-state index in [1.165, 1.54) is 11.3 Å². The largest absolute Gasteiger partial charge is 0.481 e. The number of carbonyl (C=O) groups excluding carboxylic acids is 1. The van der Waals surface area contributed by atoms with E-state index in [4.69, 9.17) is 5.11 Å². The number of carbonyl (C=O) groups is 2. The van der Waals surface area contributed by atoms with Gasteiger partial charge < -0.3 is 10.4 Å². The van der Waals surface area contributed by atoms with Crippen molar-refractivity contribution in [3.05, 3.63) is 58.0 Å². The molecule has 2 aromatic heterocycles. The number of rotatable bonds is 5. The molecule has 4 rings (SSSR count). The molecule has 0 aliphatic heterocycles. The number of benzene rings is 1. The predicted molar refractivity (Wildman–Crippen MR) is 115 cm³/mol. The molecule has 1 aromatic carbocycles. The van der Waals surface area contributed by atoms with Crippen LogP contribution in [0.25, 0.3) is 16.3 Å².